The van der Waals surface area contributed by atoms with Crippen LogP contribution in [-0.2, 0) is 30.6 Å². The molecule has 0 radical (unpaired) electrons. The Bertz CT molecular complexity index is 648. The minimum atomic E-state index is 0.0629. The van der Waals surface area contributed by atoms with Crippen LogP contribution in [-0.4, -0.2) is 11.1 Å². The van der Waals surface area contributed by atoms with E-state index in [0.29, 0.717) is 6.54 Å². The van der Waals surface area contributed by atoms with E-state index in [1.807, 2.05) is 12.1 Å². The number of nitrogens with zero attached hydrogens (tertiary/aromatic N) is 1. The fraction of sp³-hybridized carbons (Fsp3) is 0.444. The van der Waals surface area contributed by atoms with Gasteiger partial charge in [0.05, 0.1) is 12.2 Å². The van der Waals surface area contributed by atoms with Gasteiger partial charge >= 0.3 is 0 Å². The van der Waals surface area contributed by atoms with Crippen molar-refractivity contribution in [3.63, 3.8) is 0 Å². The molecule has 1 aliphatic rings. The summed E-state index contributed by atoms with van der Waals surface area (Å²) >= 11 is 0. The van der Waals surface area contributed by atoms with Gasteiger partial charge in [-0.05, 0) is 36.8 Å². The molecule has 0 fully saturated rings. The summed E-state index contributed by atoms with van der Waals surface area (Å²) in [6.45, 7) is 2.53. The Balaban J connectivity index is 1.54. The fourth-order valence-electron chi connectivity index (χ4n) is 3.05. The first-order valence-corrected chi connectivity index (χ1v) is 8.05. The van der Waals surface area contributed by atoms with Crippen molar-refractivity contribution in [1.82, 2.24) is 10.5 Å². The summed E-state index contributed by atoms with van der Waals surface area (Å²) in [5.41, 5.74) is 3.64. The first-order valence-electron chi connectivity index (χ1n) is 8.05. The number of hydrogen-bond donors (Lipinski definition) is 1. The number of aryl methyl sites for hydroxylation is 2. The number of amides is 1. The van der Waals surface area contributed by atoms with Crippen LogP contribution < -0.4 is 5.32 Å². The van der Waals surface area contributed by atoms with Gasteiger partial charge in [-0.15, -0.1) is 0 Å². The second-order valence-electron chi connectivity index (χ2n) is 5.96. The van der Waals surface area contributed by atoms with E-state index >= 15 is 0 Å². The highest BCUT2D eigenvalue weighted by Gasteiger charge is 2.24. The number of hydrogen-bond acceptors (Lipinski definition) is 3. The summed E-state index contributed by atoms with van der Waals surface area (Å²) < 4.78 is 5.25. The first kappa shape index (κ1) is 14.8. The topological polar surface area (TPSA) is 55.1 Å². The lowest BCUT2D eigenvalue weighted by Gasteiger charge is -2.23. The van der Waals surface area contributed by atoms with Crippen molar-refractivity contribution in [2.45, 2.75) is 45.6 Å². The Kier molecular flexibility index (Phi) is 4.56. The fourth-order valence-corrected chi connectivity index (χ4v) is 3.05. The van der Waals surface area contributed by atoms with Crippen molar-refractivity contribution in [3.05, 3.63) is 52.9 Å². The third-order valence-corrected chi connectivity index (χ3v) is 4.27. The minimum Gasteiger partial charge on any atom is -0.359 e. The Morgan fingerprint density at radius 2 is 2.18 bits per heavy atom. The van der Waals surface area contributed by atoms with E-state index in [1.54, 1.807) is 0 Å². The molecule has 1 aromatic carbocycles. The second kappa shape index (κ2) is 6.77. The van der Waals surface area contributed by atoms with Crippen molar-refractivity contribution in [1.29, 1.82) is 0 Å². The predicted octanol–water partition coefficient (Wildman–Crippen LogP) is 3.05. The van der Waals surface area contributed by atoms with Crippen LogP contribution >= 0.6 is 0 Å². The highest BCUT2D eigenvalue weighted by Crippen LogP contribution is 2.25. The summed E-state index contributed by atoms with van der Waals surface area (Å²) in [4.78, 5) is 12.3. The van der Waals surface area contributed by atoms with E-state index in [9.17, 15) is 4.79 Å². The Hall–Kier alpha value is -2.10. The maximum Gasteiger partial charge on any atom is 0.223 e. The molecule has 0 bridgehead atoms. The number of carbonyl (C=O) groups excluding carboxylic acids is 1. The van der Waals surface area contributed by atoms with Crippen LogP contribution in [0.15, 0.2) is 34.9 Å². The average molecular weight is 298 g/mol. The van der Waals surface area contributed by atoms with Crippen molar-refractivity contribution < 1.29 is 9.32 Å². The van der Waals surface area contributed by atoms with Gasteiger partial charge in [-0.1, -0.05) is 42.8 Å². The van der Waals surface area contributed by atoms with Gasteiger partial charge in [0.15, 0.2) is 5.76 Å². The summed E-state index contributed by atoms with van der Waals surface area (Å²) in [6.07, 6.45) is 4.69. The number of carbonyl (C=O) groups is 1. The summed E-state index contributed by atoms with van der Waals surface area (Å²) in [6, 6.07) is 10.3. The standard InChI is InChI=1S/C18H22N2O2/c1-2-5-16-11-17(22-20-16)12-19-18(21)15-9-8-13-6-3-4-7-14(13)10-15/h3-4,6-7,11,15H,2,5,8-10,12H2,1H3,(H,19,21)/t15-/m0/s1. The number of nitrogens with one attached hydrogen (secondary N) is 1. The van der Waals surface area contributed by atoms with Gasteiger partial charge in [0.1, 0.15) is 0 Å². The second-order valence-corrected chi connectivity index (χ2v) is 5.96. The number of benzene rings is 1. The van der Waals surface area contributed by atoms with E-state index in [4.69, 9.17) is 4.52 Å². The molecule has 0 spiro atoms. The molecule has 4 nitrogen and oxygen atoms in total. The Morgan fingerprint density at radius 3 is 3.00 bits per heavy atom. The quantitative estimate of drug-likeness (QED) is 0.923. The minimum absolute atomic E-state index is 0.0629. The zero-order chi connectivity index (χ0) is 15.4. The summed E-state index contributed by atoms with van der Waals surface area (Å²) in [5.74, 6) is 0.906. The van der Waals surface area contributed by atoms with Crippen LogP contribution in [0.5, 0.6) is 0 Å². The molecule has 22 heavy (non-hydrogen) atoms. The molecular weight excluding hydrogens is 276 g/mol. The monoisotopic (exact) mass is 298 g/mol. The van der Waals surface area contributed by atoms with Gasteiger partial charge in [-0.2, -0.15) is 0 Å². The Labute approximate surface area is 130 Å². The SMILES string of the molecule is CCCc1cc(CNC(=O)[C@H]2CCc3ccccc3C2)on1. The van der Waals surface area contributed by atoms with Gasteiger partial charge in [-0.3, -0.25) is 4.79 Å². The van der Waals surface area contributed by atoms with Gasteiger partial charge in [0, 0.05) is 12.0 Å². The number of fused-ring (bicyclic) bond motifs is 1. The number of rotatable bonds is 5. The van der Waals surface area contributed by atoms with Crippen LogP contribution in [0.3, 0.4) is 0 Å². The van der Waals surface area contributed by atoms with Gasteiger partial charge in [0.2, 0.25) is 5.91 Å². The maximum absolute atomic E-state index is 12.3. The summed E-state index contributed by atoms with van der Waals surface area (Å²) in [7, 11) is 0. The van der Waals surface area contributed by atoms with Gasteiger partial charge in [-0.25, -0.2) is 0 Å². The molecule has 0 aliphatic heterocycles. The van der Waals surface area contributed by atoms with E-state index < -0.39 is 0 Å². The van der Waals surface area contributed by atoms with E-state index in [-0.39, 0.29) is 11.8 Å². The molecule has 0 unspecified atom stereocenters. The Morgan fingerprint density at radius 1 is 1.36 bits per heavy atom. The lowest BCUT2D eigenvalue weighted by Crippen LogP contribution is -2.33. The molecule has 0 saturated heterocycles. The van der Waals surface area contributed by atoms with Crippen LogP contribution in [0.2, 0.25) is 0 Å². The molecule has 116 valence electrons. The van der Waals surface area contributed by atoms with E-state index in [1.165, 1.54) is 11.1 Å². The average Bonchev–Trinajstić information content (AvgIpc) is 3.00. The van der Waals surface area contributed by atoms with Crippen molar-refractivity contribution in [3.8, 4) is 0 Å². The summed E-state index contributed by atoms with van der Waals surface area (Å²) in [5, 5.41) is 6.98. The van der Waals surface area contributed by atoms with Crippen molar-refractivity contribution in [2.24, 2.45) is 5.92 Å². The van der Waals surface area contributed by atoms with E-state index in [0.717, 1.165) is 43.6 Å². The first-order chi connectivity index (χ1) is 10.8. The highest BCUT2D eigenvalue weighted by atomic mass is 16.5. The molecule has 1 atom stereocenters. The molecule has 1 amide bonds. The van der Waals surface area contributed by atoms with Crippen LogP contribution in [0.1, 0.15) is 42.3 Å². The van der Waals surface area contributed by atoms with Gasteiger partial charge in [0.25, 0.3) is 0 Å². The lowest BCUT2D eigenvalue weighted by molar-refractivity contribution is -0.125. The third kappa shape index (κ3) is 3.38. The largest absolute Gasteiger partial charge is 0.359 e. The van der Waals surface area contributed by atoms with Crippen molar-refractivity contribution >= 4 is 5.91 Å². The van der Waals surface area contributed by atoms with Gasteiger partial charge < -0.3 is 9.84 Å². The smallest absolute Gasteiger partial charge is 0.223 e. The molecular formula is C18H22N2O2. The molecule has 2 aromatic rings. The predicted molar refractivity (Wildman–Crippen MR) is 84.3 cm³/mol. The molecule has 1 N–H and O–H groups in total. The third-order valence-electron chi connectivity index (χ3n) is 4.27. The zero-order valence-corrected chi connectivity index (χ0v) is 13.0. The molecule has 3 rings (SSSR count). The van der Waals surface area contributed by atoms with Crippen LogP contribution in [0, 0.1) is 5.92 Å². The molecule has 0 saturated carbocycles. The number of aromatic nitrogens is 1. The van der Waals surface area contributed by atoms with Crippen molar-refractivity contribution in [2.75, 3.05) is 0 Å². The molecule has 1 heterocycles. The van der Waals surface area contributed by atoms with E-state index in [2.05, 4.69) is 35.6 Å². The zero-order valence-electron chi connectivity index (χ0n) is 13.0. The van der Waals surface area contributed by atoms with Crippen LogP contribution in [0.4, 0.5) is 0 Å². The molecule has 4 heteroatoms. The molecule has 1 aromatic heterocycles. The normalized spacial score (nSPS) is 17.0. The molecule has 1 aliphatic carbocycles. The van der Waals surface area contributed by atoms with Crippen LogP contribution in [0.25, 0.3) is 0 Å². The highest BCUT2D eigenvalue weighted by molar-refractivity contribution is 5.79. The maximum atomic E-state index is 12.3. The lowest BCUT2D eigenvalue weighted by atomic mass is 9.83.